The Kier molecular flexibility index (Phi) is 5.88. The summed E-state index contributed by atoms with van der Waals surface area (Å²) in [5, 5.41) is 0.0885. The molecule has 1 unspecified atom stereocenters. The molecule has 1 saturated heterocycles. The lowest BCUT2D eigenvalue weighted by molar-refractivity contribution is 0.144. The second-order valence-electron chi connectivity index (χ2n) is 6.04. The third-order valence-electron chi connectivity index (χ3n) is 4.51. The van der Waals surface area contributed by atoms with Crippen LogP contribution in [-0.2, 0) is 6.42 Å². The van der Waals surface area contributed by atoms with Crippen LogP contribution in [0.3, 0.4) is 0 Å². The largest absolute Gasteiger partial charge is 0.306 e. The molecule has 112 valence electrons. The number of rotatable bonds is 5. The second kappa shape index (κ2) is 7.44. The quantitative estimate of drug-likeness (QED) is 0.766. The molecule has 1 aliphatic rings. The third kappa shape index (κ3) is 4.21. The van der Waals surface area contributed by atoms with Gasteiger partial charge in [-0.3, -0.25) is 0 Å². The molecule has 0 aromatic heterocycles. The smallest absolute Gasteiger partial charge is 0.0712 e. The summed E-state index contributed by atoms with van der Waals surface area (Å²) in [6, 6.07) is 9.43. The molecule has 1 fully saturated rings. The Morgan fingerprint density at radius 3 is 2.40 bits per heavy atom. The van der Waals surface area contributed by atoms with Crippen molar-refractivity contribution in [3.05, 3.63) is 35.4 Å². The van der Waals surface area contributed by atoms with Gasteiger partial charge in [0.1, 0.15) is 0 Å². The number of halogens is 1. The van der Waals surface area contributed by atoms with E-state index in [0.29, 0.717) is 6.04 Å². The van der Waals surface area contributed by atoms with E-state index in [1.165, 1.54) is 37.1 Å². The number of aryl methyl sites for hydroxylation is 1. The van der Waals surface area contributed by atoms with Crippen molar-refractivity contribution < 1.29 is 0 Å². The van der Waals surface area contributed by atoms with Gasteiger partial charge in [-0.1, -0.05) is 31.2 Å². The molecule has 0 N–H and O–H groups in total. The zero-order valence-corrected chi connectivity index (χ0v) is 13.7. The minimum atomic E-state index is 0.0885. The Morgan fingerprint density at radius 2 is 1.85 bits per heavy atom. The zero-order valence-electron chi connectivity index (χ0n) is 13.0. The van der Waals surface area contributed by atoms with Crippen LogP contribution in [0.25, 0.3) is 0 Å². The number of piperidine rings is 1. The van der Waals surface area contributed by atoms with Crippen molar-refractivity contribution in [3.8, 4) is 0 Å². The third-order valence-corrected chi connectivity index (χ3v) is 4.90. The maximum Gasteiger partial charge on any atom is 0.0712 e. The first-order chi connectivity index (χ1) is 9.60. The van der Waals surface area contributed by atoms with E-state index in [9.17, 15) is 0 Å². The number of likely N-dealkylation sites (N-methyl/N-ethyl adjacent to an activating group) is 1. The van der Waals surface area contributed by atoms with Crippen molar-refractivity contribution in [3.63, 3.8) is 0 Å². The Hall–Kier alpha value is -0.570. The van der Waals surface area contributed by atoms with Crippen molar-refractivity contribution in [1.82, 2.24) is 9.80 Å². The summed E-state index contributed by atoms with van der Waals surface area (Å²) in [5.74, 6) is 0. The Labute approximate surface area is 128 Å². The lowest BCUT2D eigenvalue weighted by Crippen LogP contribution is -2.42. The molecule has 0 saturated carbocycles. The van der Waals surface area contributed by atoms with Crippen LogP contribution in [0.4, 0.5) is 0 Å². The molecule has 1 aliphatic heterocycles. The molecular weight excluding hydrogens is 268 g/mol. The van der Waals surface area contributed by atoms with E-state index in [1.807, 2.05) is 0 Å². The lowest BCUT2D eigenvalue weighted by Gasteiger charge is -2.36. The Balaban J connectivity index is 1.87. The summed E-state index contributed by atoms with van der Waals surface area (Å²) in [4.78, 5) is 4.85. The van der Waals surface area contributed by atoms with Gasteiger partial charge in [-0.25, -0.2) is 0 Å². The summed E-state index contributed by atoms with van der Waals surface area (Å²) in [5.41, 5.74) is 2.62. The van der Waals surface area contributed by atoms with Gasteiger partial charge < -0.3 is 9.80 Å². The molecule has 0 amide bonds. The van der Waals surface area contributed by atoms with Gasteiger partial charge in [0.05, 0.1) is 5.38 Å². The number of likely N-dealkylation sites (tertiary alicyclic amines) is 1. The highest BCUT2D eigenvalue weighted by Crippen LogP contribution is 2.24. The molecule has 2 nitrogen and oxygen atoms in total. The first kappa shape index (κ1) is 15.8. The average molecular weight is 295 g/mol. The van der Waals surface area contributed by atoms with Gasteiger partial charge in [-0.15, -0.1) is 11.6 Å². The van der Waals surface area contributed by atoms with E-state index in [2.05, 4.69) is 55.1 Å². The maximum absolute atomic E-state index is 6.59. The molecule has 2 rings (SSSR count). The van der Waals surface area contributed by atoms with Crippen molar-refractivity contribution in [2.75, 3.05) is 33.7 Å². The monoisotopic (exact) mass is 294 g/mol. The van der Waals surface area contributed by atoms with Crippen molar-refractivity contribution in [2.24, 2.45) is 0 Å². The fourth-order valence-corrected chi connectivity index (χ4v) is 3.27. The molecule has 3 heteroatoms. The van der Waals surface area contributed by atoms with Crippen LogP contribution in [0.1, 0.15) is 36.3 Å². The van der Waals surface area contributed by atoms with E-state index in [4.69, 9.17) is 11.6 Å². The van der Waals surface area contributed by atoms with Gasteiger partial charge in [0, 0.05) is 12.6 Å². The van der Waals surface area contributed by atoms with Gasteiger partial charge in [-0.2, -0.15) is 0 Å². The molecule has 0 aliphatic carbocycles. The van der Waals surface area contributed by atoms with Crippen LogP contribution in [0.5, 0.6) is 0 Å². The normalized spacial score (nSPS) is 19.4. The van der Waals surface area contributed by atoms with Gasteiger partial charge in [-0.05, 0) is 57.6 Å². The zero-order chi connectivity index (χ0) is 14.5. The Bertz CT molecular complexity index is 396. The van der Waals surface area contributed by atoms with Crippen LogP contribution in [0, 0.1) is 0 Å². The van der Waals surface area contributed by atoms with E-state index in [-0.39, 0.29) is 5.38 Å². The summed E-state index contributed by atoms with van der Waals surface area (Å²) < 4.78 is 0. The fourth-order valence-electron chi connectivity index (χ4n) is 2.91. The first-order valence-electron chi connectivity index (χ1n) is 7.71. The molecule has 20 heavy (non-hydrogen) atoms. The van der Waals surface area contributed by atoms with Gasteiger partial charge in [0.15, 0.2) is 0 Å². The average Bonchev–Trinajstić information content (AvgIpc) is 2.48. The lowest BCUT2D eigenvalue weighted by atomic mass is 10.0. The van der Waals surface area contributed by atoms with Crippen LogP contribution in [0.15, 0.2) is 24.3 Å². The van der Waals surface area contributed by atoms with Gasteiger partial charge in [0.25, 0.3) is 0 Å². The number of benzene rings is 1. The number of alkyl halides is 1. The van der Waals surface area contributed by atoms with Crippen LogP contribution < -0.4 is 0 Å². The van der Waals surface area contributed by atoms with E-state index in [0.717, 1.165) is 13.0 Å². The van der Waals surface area contributed by atoms with Crippen LogP contribution >= 0.6 is 11.6 Å². The second-order valence-corrected chi connectivity index (χ2v) is 6.56. The minimum Gasteiger partial charge on any atom is -0.306 e. The molecule has 0 radical (unpaired) electrons. The minimum absolute atomic E-state index is 0.0885. The summed E-state index contributed by atoms with van der Waals surface area (Å²) in [6.45, 7) is 5.52. The van der Waals surface area contributed by atoms with Crippen LogP contribution in [0.2, 0.25) is 0 Å². The molecule has 1 heterocycles. The molecular formula is C17H27ClN2. The predicted octanol–water partition coefficient (Wildman–Crippen LogP) is 3.55. The van der Waals surface area contributed by atoms with Crippen molar-refractivity contribution in [1.29, 1.82) is 0 Å². The first-order valence-corrected chi connectivity index (χ1v) is 8.15. The van der Waals surface area contributed by atoms with Crippen LogP contribution in [-0.4, -0.2) is 49.6 Å². The van der Waals surface area contributed by atoms with Crippen molar-refractivity contribution >= 4 is 11.6 Å². The SMILES string of the molecule is CCc1ccc(C(Cl)CN(C)C2CCN(C)CC2)cc1. The molecule has 1 atom stereocenters. The highest BCUT2D eigenvalue weighted by Gasteiger charge is 2.22. The molecule has 0 spiro atoms. The summed E-state index contributed by atoms with van der Waals surface area (Å²) in [6.07, 6.45) is 3.60. The van der Waals surface area contributed by atoms with Crippen molar-refractivity contribution in [2.45, 2.75) is 37.6 Å². The molecule has 0 bridgehead atoms. The Morgan fingerprint density at radius 1 is 1.25 bits per heavy atom. The number of hydrogen-bond acceptors (Lipinski definition) is 2. The van der Waals surface area contributed by atoms with E-state index < -0.39 is 0 Å². The number of nitrogens with zero attached hydrogens (tertiary/aromatic N) is 2. The topological polar surface area (TPSA) is 6.48 Å². The summed E-state index contributed by atoms with van der Waals surface area (Å²) >= 11 is 6.59. The summed E-state index contributed by atoms with van der Waals surface area (Å²) in [7, 11) is 4.42. The fraction of sp³-hybridized carbons (Fsp3) is 0.647. The van der Waals surface area contributed by atoms with E-state index >= 15 is 0 Å². The maximum atomic E-state index is 6.59. The highest BCUT2D eigenvalue weighted by molar-refractivity contribution is 6.21. The van der Waals surface area contributed by atoms with Gasteiger partial charge in [0.2, 0.25) is 0 Å². The number of hydrogen-bond donors (Lipinski definition) is 0. The molecule has 1 aromatic carbocycles. The molecule has 1 aromatic rings. The van der Waals surface area contributed by atoms with Gasteiger partial charge >= 0.3 is 0 Å². The predicted molar refractivity (Wildman–Crippen MR) is 87.6 cm³/mol. The van der Waals surface area contributed by atoms with E-state index in [1.54, 1.807) is 0 Å². The standard InChI is InChI=1S/C17H27ClN2/c1-4-14-5-7-15(8-6-14)17(18)13-20(3)16-9-11-19(2)12-10-16/h5-8,16-17H,4,9-13H2,1-3H3. The highest BCUT2D eigenvalue weighted by atomic mass is 35.5.